The zero-order chi connectivity index (χ0) is 25.3. The molecule has 0 rings (SSSR count). The molecule has 0 radical (unpaired) electrons. The first-order chi connectivity index (χ1) is 16.5. The van der Waals surface area contributed by atoms with Crippen molar-refractivity contribution in [3.63, 3.8) is 0 Å². The van der Waals surface area contributed by atoms with Crippen LogP contribution in [0.15, 0.2) is 0 Å². The van der Waals surface area contributed by atoms with Gasteiger partial charge in [0.25, 0.3) is 0 Å². The topological polar surface area (TPSA) is 89.5 Å². The van der Waals surface area contributed by atoms with Gasteiger partial charge in [0.05, 0.1) is 26.4 Å². The van der Waals surface area contributed by atoms with Gasteiger partial charge in [0.1, 0.15) is 0 Å². The lowest BCUT2D eigenvalue weighted by atomic mass is 10.1. The van der Waals surface area contributed by atoms with Crippen molar-refractivity contribution in [1.29, 1.82) is 0 Å². The lowest BCUT2D eigenvalue weighted by molar-refractivity contribution is -0.178. The Morgan fingerprint density at radius 3 is 1.29 bits per heavy atom. The third-order valence-corrected chi connectivity index (χ3v) is 5.05. The van der Waals surface area contributed by atoms with Gasteiger partial charge in [0.15, 0.2) is 12.6 Å². The first-order valence-corrected chi connectivity index (χ1v) is 13.3. The largest absolute Gasteiger partial charge is 0.436 e. The minimum Gasteiger partial charge on any atom is -0.436 e. The fourth-order valence-electron chi connectivity index (χ4n) is 3.04. The van der Waals surface area contributed by atoms with Crippen LogP contribution in [0.3, 0.4) is 0 Å². The minimum atomic E-state index is -0.547. The van der Waals surface area contributed by atoms with Crippen LogP contribution in [0.5, 0.6) is 0 Å². The van der Waals surface area contributed by atoms with Crippen molar-refractivity contribution in [3.05, 3.63) is 0 Å². The van der Waals surface area contributed by atoms with E-state index in [0.717, 1.165) is 77.4 Å². The lowest BCUT2D eigenvalue weighted by Gasteiger charge is -2.14. The molecule has 0 fully saturated rings. The van der Waals surface area contributed by atoms with Crippen molar-refractivity contribution in [2.75, 3.05) is 39.6 Å². The Balaban J connectivity index is 3.48. The number of esters is 2. The Kier molecular flexibility index (Phi) is 24.0. The SMILES string of the molecule is CCCCOCCOC(C)OC(=O)CCCCCCCCC(=O)OC(C)OCCOCCCC. The number of hydrogen-bond donors (Lipinski definition) is 0. The third kappa shape index (κ3) is 23.9. The van der Waals surface area contributed by atoms with E-state index < -0.39 is 12.6 Å². The second kappa shape index (κ2) is 24.9. The molecular formula is C26H50O8. The molecule has 2 atom stereocenters. The van der Waals surface area contributed by atoms with E-state index in [1.165, 1.54) is 0 Å². The number of carbonyl (C=O) groups is 2. The molecule has 0 spiro atoms. The van der Waals surface area contributed by atoms with Gasteiger partial charge in [-0.3, -0.25) is 9.59 Å². The van der Waals surface area contributed by atoms with Crippen LogP contribution < -0.4 is 0 Å². The molecule has 0 saturated heterocycles. The van der Waals surface area contributed by atoms with Gasteiger partial charge >= 0.3 is 11.9 Å². The predicted octanol–water partition coefficient (Wildman–Crippen LogP) is 5.55. The third-order valence-electron chi connectivity index (χ3n) is 5.05. The normalized spacial score (nSPS) is 12.9. The van der Waals surface area contributed by atoms with Gasteiger partial charge in [0.2, 0.25) is 0 Å². The molecule has 0 aliphatic carbocycles. The molecule has 2 unspecified atom stereocenters. The summed E-state index contributed by atoms with van der Waals surface area (Å²) in [5.41, 5.74) is 0. The van der Waals surface area contributed by atoms with E-state index in [9.17, 15) is 9.59 Å². The summed E-state index contributed by atoms with van der Waals surface area (Å²) in [6.45, 7) is 11.0. The highest BCUT2D eigenvalue weighted by Crippen LogP contribution is 2.11. The number of rotatable bonds is 25. The molecule has 0 aliphatic heterocycles. The summed E-state index contributed by atoms with van der Waals surface area (Å²) in [4.78, 5) is 23.7. The summed E-state index contributed by atoms with van der Waals surface area (Å²) in [5, 5.41) is 0. The molecule has 0 amide bonds. The number of carbonyl (C=O) groups excluding carboxylic acids is 2. The molecule has 0 aromatic heterocycles. The highest BCUT2D eigenvalue weighted by atomic mass is 16.7. The van der Waals surface area contributed by atoms with Crippen molar-refractivity contribution in [1.82, 2.24) is 0 Å². The first kappa shape index (κ1) is 32.8. The molecule has 34 heavy (non-hydrogen) atoms. The lowest BCUT2D eigenvalue weighted by Crippen LogP contribution is -2.20. The van der Waals surface area contributed by atoms with E-state index in [0.29, 0.717) is 39.3 Å². The van der Waals surface area contributed by atoms with E-state index in [1.54, 1.807) is 13.8 Å². The number of unbranched alkanes of at least 4 members (excludes halogenated alkanes) is 7. The van der Waals surface area contributed by atoms with Gasteiger partial charge < -0.3 is 28.4 Å². The molecule has 8 nitrogen and oxygen atoms in total. The van der Waals surface area contributed by atoms with Gasteiger partial charge in [-0.05, 0) is 39.5 Å². The smallest absolute Gasteiger partial charge is 0.308 e. The highest BCUT2D eigenvalue weighted by molar-refractivity contribution is 5.69. The fourth-order valence-corrected chi connectivity index (χ4v) is 3.04. The van der Waals surface area contributed by atoms with Crippen molar-refractivity contribution in [3.8, 4) is 0 Å². The van der Waals surface area contributed by atoms with Crippen LogP contribution in [0.4, 0.5) is 0 Å². The van der Waals surface area contributed by atoms with Crippen molar-refractivity contribution >= 4 is 11.9 Å². The van der Waals surface area contributed by atoms with Crippen LogP contribution in [0, 0.1) is 0 Å². The Hall–Kier alpha value is -1.22. The van der Waals surface area contributed by atoms with Crippen molar-refractivity contribution < 1.29 is 38.0 Å². The molecule has 0 aromatic carbocycles. The van der Waals surface area contributed by atoms with E-state index in [4.69, 9.17) is 28.4 Å². The first-order valence-electron chi connectivity index (χ1n) is 13.3. The summed E-state index contributed by atoms with van der Waals surface area (Å²) < 4.78 is 32.1. The molecule has 0 bridgehead atoms. The van der Waals surface area contributed by atoms with E-state index in [1.807, 2.05) is 0 Å². The maximum absolute atomic E-state index is 11.8. The number of hydrogen-bond acceptors (Lipinski definition) is 8. The molecule has 0 aromatic rings. The molecule has 202 valence electrons. The average molecular weight is 491 g/mol. The summed E-state index contributed by atoms with van der Waals surface area (Å²) in [7, 11) is 0. The van der Waals surface area contributed by atoms with Crippen LogP contribution in [-0.4, -0.2) is 64.2 Å². The standard InChI is InChI=1S/C26H50O8/c1-5-7-17-29-19-21-31-23(3)33-25(27)15-13-11-9-10-12-14-16-26(28)34-24(4)32-22-20-30-18-8-6-2/h23-24H,5-22H2,1-4H3. The van der Waals surface area contributed by atoms with Gasteiger partial charge in [-0.25, -0.2) is 0 Å². The predicted molar refractivity (Wildman–Crippen MR) is 131 cm³/mol. The Bertz CT molecular complexity index is 430. The van der Waals surface area contributed by atoms with Crippen LogP contribution in [-0.2, 0) is 38.0 Å². The quantitative estimate of drug-likeness (QED) is 0.0934. The molecule has 0 aliphatic rings. The maximum atomic E-state index is 11.8. The molecule has 8 heteroatoms. The van der Waals surface area contributed by atoms with Crippen LogP contribution in [0.25, 0.3) is 0 Å². The molecule has 0 N–H and O–H groups in total. The highest BCUT2D eigenvalue weighted by Gasteiger charge is 2.10. The Labute approximate surface area is 207 Å². The second-order valence-corrected chi connectivity index (χ2v) is 8.41. The van der Waals surface area contributed by atoms with Gasteiger partial charge in [-0.1, -0.05) is 52.4 Å². The van der Waals surface area contributed by atoms with Crippen LogP contribution in [0.1, 0.15) is 105 Å². The zero-order valence-corrected chi connectivity index (χ0v) is 22.1. The molecule has 0 saturated carbocycles. The molecule has 0 heterocycles. The van der Waals surface area contributed by atoms with Gasteiger partial charge in [-0.2, -0.15) is 0 Å². The number of ether oxygens (including phenoxy) is 6. The summed E-state index contributed by atoms with van der Waals surface area (Å²) in [5.74, 6) is -0.461. The Morgan fingerprint density at radius 1 is 0.529 bits per heavy atom. The average Bonchev–Trinajstić information content (AvgIpc) is 2.80. The zero-order valence-electron chi connectivity index (χ0n) is 22.1. The van der Waals surface area contributed by atoms with Crippen LogP contribution in [0.2, 0.25) is 0 Å². The van der Waals surface area contributed by atoms with Gasteiger partial charge in [-0.15, -0.1) is 0 Å². The Morgan fingerprint density at radius 2 is 0.912 bits per heavy atom. The maximum Gasteiger partial charge on any atom is 0.308 e. The second-order valence-electron chi connectivity index (χ2n) is 8.41. The van der Waals surface area contributed by atoms with E-state index in [-0.39, 0.29) is 11.9 Å². The van der Waals surface area contributed by atoms with Crippen molar-refractivity contribution in [2.24, 2.45) is 0 Å². The molecular weight excluding hydrogens is 440 g/mol. The van der Waals surface area contributed by atoms with Crippen molar-refractivity contribution in [2.45, 2.75) is 117 Å². The van der Waals surface area contributed by atoms with Crippen LogP contribution >= 0.6 is 0 Å². The van der Waals surface area contributed by atoms with E-state index >= 15 is 0 Å². The van der Waals surface area contributed by atoms with E-state index in [2.05, 4.69) is 13.8 Å². The summed E-state index contributed by atoms with van der Waals surface area (Å²) in [6.07, 6.45) is 9.58. The summed E-state index contributed by atoms with van der Waals surface area (Å²) in [6, 6.07) is 0. The fraction of sp³-hybridized carbons (Fsp3) is 0.923. The monoisotopic (exact) mass is 490 g/mol. The summed E-state index contributed by atoms with van der Waals surface area (Å²) >= 11 is 0. The minimum absolute atomic E-state index is 0.231. The van der Waals surface area contributed by atoms with Gasteiger partial charge in [0, 0.05) is 26.1 Å².